The molecule has 0 aromatic carbocycles. The second kappa shape index (κ2) is 8.85. The molecule has 4 rings (SSSR count). The summed E-state index contributed by atoms with van der Waals surface area (Å²) in [4.78, 5) is 34.9. The first-order valence-corrected chi connectivity index (χ1v) is 12.4. The number of amides is 1. The van der Waals surface area contributed by atoms with Crippen LogP contribution in [0.15, 0.2) is 22.6 Å². The zero-order chi connectivity index (χ0) is 21.4. The molecular formula is C22H29N3O3S2. The number of fused-ring (bicyclic) bond motifs is 3. The van der Waals surface area contributed by atoms with Crippen molar-refractivity contribution < 1.29 is 9.53 Å². The maximum atomic E-state index is 13.3. The number of aromatic nitrogens is 2. The third-order valence-corrected chi connectivity index (χ3v) is 7.90. The van der Waals surface area contributed by atoms with Crippen molar-refractivity contribution in [3.63, 3.8) is 0 Å². The van der Waals surface area contributed by atoms with Crippen LogP contribution in [0.1, 0.15) is 37.6 Å². The van der Waals surface area contributed by atoms with Crippen LogP contribution >= 0.6 is 23.1 Å². The molecule has 162 valence electrons. The number of aryl methyl sites for hydroxylation is 1. The van der Waals surface area contributed by atoms with Crippen LogP contribution in [0.2, 0.25) is 0 Å². The Labute approximate surface area is 185 Å². The molecule has 30 heavy (non-hydrogen) atoms. The minimum absolute atomic E-state index is 0.00415. The summed E-state index contributed by atoms with van der Waals surface area (Å²) in [5.41, 5.74) is 1.18. The normalized spacial score (nSPS) is 24.1. The number of nitrogens with zero attached hydrogens (tertiary/aromatic N) is 3. The lowest BCUT2D eigenvalue weighted by atomic mass is 9.89. The second-order valence-electron chi connectivity index (χ2n) is 8.48. The van der Waals surface area contributed by atoms with E-state index >= 15 is 0 Å². The second-order valence-corrected chi connectivity index (χ2v) is 10.5. The molecule has 3 unspecified atom stereocenters. The fraction of sp³-hybridized carbons (Fsp3) is 0.591. The highest BCUT2D eigenvalue weighted by molar-refractivity contribution is 7.99. The van der Waals surface area contributed by atoms with Crippen molar-refractivity contribution >= 4 is 39.2 Å². The van der Waals surface area contributed by atoms with Crippen LogP contribution in [0, 0.1) is 5.92 Å². The fourth-order valence-corrected chi connectivity index (χ4v) is 6.74. The Morgan fingerprint density at radius 3 is 2.77 bits per heavy atom. The molecule has 3 atom stereocenters. The number of rotatable bonds is 5. The molecule has 0 spiro atoms. The van der Waals surface area contributed by atoms with Crippen LogP contribution in [0.5, 0.6) is 0 Å². The van der Waals surface area contributed by atoms with E-state index in [-0.39, 0.29) is 29.4 Å². The lowest BCUT2D eigenvalue weighted by Gasteiger charge is -2.35. The Hall–Kier alpha value is -1.64. The van der Waals surface area contributed by atoms with Gasteiger partial charge < -0.3 is 9.64 Å². The van der Waals surface area contributed by atoms with Gasteiger partial charge in [0.15, 0.2) is 5.16 Å². The van der Waals surface area contributed by atoms with Gasteiger partial charge in [-0.15, -0.1) is 17.9 Å². The number of hydrogen-bond acceptors (Lipinski definition) is 6. The zero-order valence-electron chi connectivity index (χ0n) is 17.8. The summed E-state index contributed by atoms with van der Waals surface area (Å²) in [6.07, 6.45) is 4.87. The highest BCUT2D eigenvalue weighted by Gasteiger charge is 2.27. The summed E-state index contributed by atoms with van der Waals surface area (Å²) in [6.45, 7) is 11.6. The first kappa shape index (κ1) is 21.6. The predicted octanol–water partition coefficient (Wildman–Crippen LogP) is 3.50. The largest absolute Gasteiger partial charge is 0.372 e. The molecule has 0 radical (unpaired) electrons. The molecule has 2 aromatic rings. The minimum atomic E-state index is -0.00415. The Morgan fingerprint density at radius 1 is 1.33 bits per heavy atom. The summed E-state index contributed by atoms with van der Waals surface area (Å²) in [5, 5.41) is 1.37. The first-order chi connectivity index (χ1) is 14.4. The topological polar surface area (TPSA) is 64.4 Å². The van der Waals surface area contributed by atoms with E-state index in [4.69, 9.17) is 9.72 Å². The van der Waals surface area contributed by atoms with Gasteiger partial charge in [0.25, 0.3) is 5.56 Å². The molecule has 1 aliphatic heterocycles. The minimum Gasteiger partial charge on any atom is -0.372 e. The smallest absolute Gasteiger partial charge is 0.263 e. The molecule has 8 heteroatoms. The lowest BCUT2D eigenvalue weighted by molar-refractivity contribution is -0.140. The van der Waals surface area contributed by atoms with E-state index < -0.39 is 0 Å². The maximum Gasteiger partial charge on any atom is 0.263 e. The van der Waals surface area contributed by atoms with E-state index in [2.05, 4.69) is 13.5 Å². The molecule has 0 saturated carbocycles. The summed E-state index contributed by atoms with van der Waals surface area (Å²) >= 11 is 2.99. The van der Waals surface area contributed by atoms with Crippen LogP contribution in [-0.4, -0.2) is 51.4 Å². The van der Waals surface area contributed by atoms with E-state index in [9.17, 15) is 9.59 Å². The van der Waals surface area contributed by atoms with Crippen molar-refractivity contribution in [1.82, 2.24) is 14.5 Å². The van der Waals surface area contributed by atoms with Crippen molar-refractivity contribution in [3.8, 4) is 0 Å². The van der Waals surface area contributed by atoms with Crippen molar-refractivity contribution in [2.45, 2.75) is 63.9 Å². The van der Waals surface area contributed by atoms with E-state index in [0.29, 0.717) is 30.7 Å². The van der Waals surface area contributed by atoms with Crippen LogP contribution in [0.25, 0.3) is 10.2 Å². The van der Waals surface area contributed by atoms with Gasteiger partial charge in [-0.3, -0.25) is 14.2 Å². The van der Waals surface area contributed by atoms with Gasteiger partial charge in [-0.25, -0.2) is 4.98 Å². The van der Waals surface area contributed by atoms with Crippen molar-refractivity contribution in [2.75, 3.05) is 18.8 Å². The van der Waals surface area contributed by atoms with Gasteiger partial charge in [0.1, 0.15) is 4.83 Å². The number of ether oxygens (including phenoxy) is 1. The maximum absolute atomic E-state index is 13.3. The van der Waals surface area contributed by atoms with E-state index in [1.165, 1.54) is 22.2 Å². The van der Waals surface area contributed by atoms with Crippen LogP contribution in [0.3, 0.4) is 0 Å². The predicted molar refractivity (Wildman–Crippen MR) is 123 cm³/mol. The average Bonchev–Trinajstić information content (AvgIpc) is 3.05. The number of hydrogen-bond donors (Lipinski definition) is 0. The Balaban J connectivity index is 1.61. The van der Waals surface area contributed by atoms with E-state index in [0.717, 1.165) is 29.5 Å². The Kier molecular flexibility index (Phi) is 6.36. The summed E-state index contributed by atoms with van der Waals surface area (Å²) in [7, 11) is 0. The van der Waals surface area contributed by atoms with Gasteiger partial charge >= 0.3 is 0 Å². The molecule has 1 saturated heterocycles. The highest BCUT2D eigenvalue weighted by Crippen LogP contribution is 2.36. The zero-order valence-corrected chi connectivity index (χ0v) is 19.5. The number of carbonyl (C=O) groups is 1. The Bertz CT molecular complexity index is 1020. The monoisotopic (exact) mass is 447 g/mol. The fourth-order valence-electron chi connectivity index (χ4n) is 4.40. The quantitative estimate of drug-likeness (QED) is 0.399. The molecule has 1 amide bonds. The van der Waals surface area contributed by atoms with Crippen LogP contribution in [-0.2, 0) is 28.9 Å². The number of thioether (sulfide) groups is 1. The van der Waals surface area contributed by atoms with Crippen LogP contribution in [0.4, 0.5) is 0 Å². The average molecular weight is 448 g/mol. The number of morpholine rings is 1. The van der Waals surface area contributed by atoms with Gasteiger partial charge in [0, 0.05) is 24.5 Å². The van der Waals surface area contributed by atoms with Gasteiger partial charge in [0.05, 0.1) is 23.3 Å². The summed E-state index contributed by atoms with van der Waals surface area (Å²) in [5.74, 6) is 0.961. The molecular weight excluding hydrogens is 418 g/mol. The molecule has 0 N–H and O–H groups in total. The van der Waals surface area contributed by atoms with Crippen molar-refractivity contribution in [1.29, 1.82) is 0 Å². The molecule has 1 fully saturated rings. The number of allylic oxidation sites excluding steroid dienone is 1. The SMILES string of the molecule is C=CCn1c(SCC(=O)N2CC(C)OC(C)C2)nc2sc3c(c2c1=O)CCC(C)C3. The highest BCUT2D eigenvalue weighted by atomic mass is 32.2. The van der Waals surface area contributed by atoms with Crippen LogP contribution < -0.4 is 5.56 Å². The van der Waals surface area contributed by atoms with Gasteiger partial charge in [-0.2, -0.15) is 0 Å². The molecule has 2 aliphatic rings. The molecule has 2 aromatic heterocycles. The molecule has 0 bridgehead atoms. The van der Waals surface area contributed by atoms with E-state index in [1.54, 1.807) is 22.0 Å². The molecule has 3 heterocycles. The van der Waals surface area contributed by atoms with Crippen molar-refractivity contribution in [3.05, 3.63) is 33.4 Å². The molecule has 1 aliphatic carbocycles. The Morgan fingerprint density at radius 2 is 2.07 bits per heavy atom. The van der Waals surface area contributed by atoms with Gasteiger partial charge in [-0.1, -0.05) is 24.8 Å². The standard InChI is InChI=1S/C22H29N3O3S2/c1-5-8-25-21(27)19-16-7-6-13(2)9-17(16)30-20(19)23-22(25)29-12-18(26)24-10-14(3)28-15(4)11-24/h5,13-15H,1,6-12H2,2-4H3. The third-order valence-electron chi connectivity index (χ3n) is 5.79. The van der Waals surface area contributed by atoms with Gasteiger partial charge in [-0.05, 0) is 44.6 Å². The van der Waals surface area contributed by atoms with E-state index in [1.807, 2.05) is 18.7 Å². The molecule has 6 nitrogen and oxygen atoms in total. The first-order valence-electron chi connectivity index (χ1n) is 10.6. The third kappa shape index (κ3) is 4.22. The summed E-state index contributed by atoms with van der Waals surface area (Å²) in [6, 6.07) is 0. The van der Waals surface area contributed by atoms with Gasteiger partial charge in [0.2, 0.25) is 5.91 Å². The number of carbonyl (C=O) groups excluding carboxylic acids is 1. The summed E-state index contributed by atoms with van der Waals surface area (Å²) < 4.78 is 7.39. The van der Waals surface area contributed by atoms with Crippen molar-refractivity contribution in [2.24, 2.45) is 5.92 Å². The lowest BCUT2D eigenvalue weighted by Crippen LogP contribution is -2.48. The number of thiophene rings is 1.